The van der Waals surface area contributed by atoms with Crippen LogP contribution in [-0.2, 0) is 6.18 Å². The summed E-state index contributed by atoms with van der Waals surface area (Å²) in [5, 5.41) is 0.522. The van der Waals surface area contributed by atoms with Crippen molar-refractivity contribution in [3.05, 3.63) is 30.0 Å². The van der Waals surface area contributed by atoms with Crippen LogP contribution in [-0.4, -0.2) is 19.1 Å². The van der Waals surface area contributed by atoms with Crippen molar-refractivity contribution >= 4 is 22.3 Å². The zero-order valence-corrected chi connectivity index (χ0v) is 9.92. The summed E-state index contributed by atoms with van der Waals surface area (Å²) in [6.45, 7) is 0. The molecule has 0 aliphatic rings. The number of aromatic nitrogens is 1. The molecule has 96 valence electrons. The van der Waals surface area contributed by atoms with Gasteiger partial charge in [-0.2, -0.15) is 13.2 Å². The summed E-state index contributed by atoms with van der Waals surface area (Å²) in [4.78, 5) is 5.43. The maximum Gasteiger partial charge on any atom is 0.433 e. The smallest absolute Gasteiger partial charge is 0.398 e. The fourth-order valence-electron chi connectivity index (χ4n) is 1.66. The minimum atomic E-state index is -4.48. The number of nitrogens with two attached hydrogens (primary N) is 1. The number of hydrogen-bond acceptors (Lipinski definition) is 3. The summed E-state index contributed by atoms with van der Waals surface area (Å²) in [6.07, 6.45) is -4.48. The molecule has 0 aliphatic carbocycles. The van der Waals surface area contributed by atoms with E-state index >= 15 is 0 Å². The van der Waals surface area contributed by atoms with Crippen LogP contribution in [0.5, 0.6) is 0 Å². The second-order valence-corrected chi connectivity index (χ2v) is 4.19. The van der Waals surface area contributed by atoms with E-state index in [9.17, 15) is 13.2 Å². The van der Waals surface area contributed by atoms with Gasteiger partial charge in [0.15, 0.2) is 0 Å². The number of rotatable bonds is 1. The molecule has 0 spiro atoms. The van der Waals surface area contributed by atoms with Gasteiger partial charge in [-0.25, -0.2) is 4.98 Å². The van der Waals surface area contributed by atoms with Crippen LogP contribution in [0.15, 0.2) is 24.3 Å². The molecule has 6 heteroatoms. The molecule has 0 atom stereocenters. The Morgan fingerprint density at radius 2 is 1.83 bits per heavy atom. The Morgan fingerprint density at radius 1 is 1.17 bits per heavy atom. The minimum absolute atomic E-state index is 0.0797. The van der Waals surface area contributed by atoms with Gasteiger partial charge in [-0.05, 0) is 24.3 Å². The van der Waals surface area contributed by atoms with Gasteiger partial charge in [-0.15, -0.1) is 0 Å². The maximum absolute atomic E-state index is 12.6. The van der Waals surface area contributed by atoms with E-state index in [2.05, 4.69) is 4.98 Å². The monoisotopic (exact) mass is 255 g/mol. The van der Waals surface area contributed by atoms with Gasteiger partial charge in [0.1, 0.15) is 5.69 Å². The molecule has 3 nitrogen and oxygen atoms in total. The van der Waals surface area contributed by atoms with Crippen molar-refractivity contribution in [2.75, 3.05) is 24.7 Å². The summed E-state index contributed by atoms with van der Waals surface area (Å²) >= 11 is 0. The van der Waals surface area contributed by atoms with Crippen molar-refractivity contribution in [3.63, 3.8) is 0 Å². The van der Waals surface area contributed by atoms with Crippen LogP contribution < -0.4 is 10.6 Å². The first-order valence-electron chi connectivity index (χ1n) is 5.24. The minimum Gasteiger partial charge on any atom is -0.398 e. The largest absolute Gasteiger partial charge is 0.433 e. The van der Waals surface area contributed by atoms with Gasteiger partial charge in [-0.3, -0.25) is 0 Å². The molecule has 0 radical (unpaired) electrons. The number of anilines is 2. The predicted molar refractivity (Wildman–Crippen MR) is 65.5 cm³/mol. The summed E-state index contributed by atoms with van der Waals surface area (Å²) in [5.74, 6) is 0. The second-order valence-electron chi connectivity index (χ2n) is 4.19. The summed E-state index contributed by atoms with van der Waals surface area (Å²) < 4.78 is 37.7. The Morgan fingerprint density at radius 3 is 2.39 bits per heavy atom. The highest BCUT2D eigenvalue weighted by Crippen LogP contribution is 2.32. The number of pyridine rings is 1. The molecule has 0 amide bonds. The van der Waals surface area contributed by atoms with E-state index in [0.717, 1.165) is 11.8 Å². The van der Waals surface area contributed by atoms with Crippen molar-refractivity contribution in [2.45, 2.75) is 6.18 Å². The Bertz CT molecular complexity index is 591. The van der Waals surface area contributed by atoms with E-state index in [-0.39, 0.29) is 11.2 Å². The van der Waals surface area contributed by atoms with Crippen molar-refractivity contribution in [3.8, 4) is 0 Å². The van der Waals surface area contributed by atoms with Gasteiger partial charge in [-0.1, -0.05) is 0 Å². The number of nitrogen functional groups attached to an aromatic ring is 1. The standard InChI is InChI=1S/C12H12F3N3/c1-18(2)7-3-4-10-8(5-7)9(16)6-11(17-10)12(13,14)15/h3-6H,1-2H3,(H2,16,17). The first kappa shape index (κ1) is 12.5. The van der Waals surface area contributed by atoms with Crippen molar-refractivity contribution in [1.82, 2.24) is 4.98 Å². The van der Waals surface area contributed by atoms with Crippen LogP contribution >= 0.6 is 0 Å². The van der Waals surface area contributed by atoms with Crippen LogP contribution in [0.3, 0.4) is 0 Å². The lowest BCUT2D eigenvalue weighted by Crippen LogP contribution is -2.10. The van der Waals surface area contributed by atoms with Gasteiger partial charge in [0.25, 0.3) is 0 Å². The topological polar surface area (TPSA) is 42.2 Å². The third kappa shape index (κ3) is 2.18. The Labute approximate surface area is 102 Å². The fraction of sp³-hybridized carbons (Fsp3) is 0.250. The molecular formula is C12H12F3N3. The molecule has 2 N–H and O–H groups in total. The third-order valence-corrected chi connectivity index (χ3v) is 2.63. The number of fused-ring (bicyclic) bond motifs is 1. The summed E-state index contributed by atoms with van der Waals surface area (Å²) in [6, 6.07) is 5.82. The van der Waals surface area contributed by atoms with Gasteiger partial charge < -0.3 is 10.6 Å². The normalized spacial score (nSPS) is 11.8. The van der Waals surface area contributed by atoms with E-state index < -0.39 is 11.9 Å². The molecule has 2 aromatic rings. The average Bonchev–Trinajstić information content (AvgIpc) is 2.27. The molecule has 0 saturated carbocycles. The Hall–Kier alpha value is -1.98. The predicted octanol–water partition coefficient (Wildman–Crippen LogP) is 2.90. The SMILES string of the molecule is CN(C)c1ccc2nc(C(F)(F)F)cc(N)c2c1. The number of halogens is 3. The van der Waals surface area contributed by atoms with Crippen LogP contribution in [0.1, 0.15) is 5.69 Å². The van der Waals surface area contributed by atoms with E-state index in [1.54, 1.807) is 12.1 Å². The number of benzene rings is 1. The lowest BCUT2D eigenvalue weighted by atomic mass is 10.1. The highest BCUT2D eigenvalue weighted by Gasteiger charge is 2.33. The van der Waals surface area contributed by atoms with E-state index in [0.29, 0.717) is 5.39 Å². The van der Waals surface area contributed by atoms with Gasteiger partial charge in [0, 0.05) is 30.9 Å². The second kappa shape index (κ2) is 4.04. The summed E-state index contributed by atoms with van der Waals surface area (Å²) in [5.41, 5.74) is 5.88. The lowest BCUT2D eigenvalue weighted by Gasteiger charge is -2.14. The average molecular weight is 255 g/mol. The van der Waals surface area contributed by atoms with Gasteiger partial charge in [0.05, 0.1) is 5.52 Å². The van der Waals surface area contributed by atoms with Crippen LogP contribution in [0.2, 0.25) is 0 Å². The Balaban J connectivity index is 2.66. The summed E-state index contributed by atoms with van der Waals surface area (Å²) in [7, 11) is 3.68. The molecule has 0 unspecified atom stereocenters. The quantitative estimate of drug-likeness (QED) is 0.852. The molecule has 1 aromatic heterocycles. The molecule has 1 aromatic carbocycles. The molecule has 0 fully saturated rings. The molecule has 0 saturated heterocycles. The van der Waals surface area contributed by atoms with Crippen LogP contribution in [0.4, 0.5) is 24.5 Å². The van der Waals surface area contributed by atoms with Crippen molar-refractivity contribution < 1.29 is 13.2 Å². The molecule has 1 heterocycles. The zero-order valence-electron chi connectivity index (χ0n) is 9.92. The van der Waals surface area contributed by atoms with Gasteiger partial charge >= 0.3 is 6.18 Å². The highest BCUT2D eigenvalue weighted by molar-refractivity contribution is 5.92. The van der Waals surface area contributed by atoms with E-state index in [1.165, 1.54) is 6.07 Å². The Kier molecular flexibility index (Phi) is 2.80. The number of hydrogen-bond donors (Lipinski definition) is 1. The third-order valence-electron chi connectivity index (χ3n) is 2.63. The first-order chi connectivity index (χ1) is 8.29. The molecule has 0 bridgehead atoms. The van der Waals surface area contributed by atoms with E-state index in [1.807, 2.05) is 19.0 Å². The first-order valence-corrected chi connectivity index (χ1v) is 5.24. The molecule has 18 heavy (non-hydrogen) atoms. The van der Waals surface area contributed by atoms with Crippen LogP contribution in [0, 0.1) is 0 Å². The highest BCUT2D eigenvalue weighted by atomic mass is 19.4. The fourth-order valence-corrected chi connectivity index (χ4v) is 1.66. The van der Waals surface area contributed by atoms with Crippen molar-refractivity contribution in [2.24, 2.45) is 0 Å². The molecule has 2 rings (SSSR count). The number of nitrogens with zero attached hydrogens (tertiary/aromatic N) is 2. The van der Waals surface area contributed by atoms with Crippen molar-refractivity contribution in [1.29, 1.82) is 0 Å². The van der Waals surface area contributed by atoms with Gasteiger partial charge in [0.2, 0.25) is 0 Å². The zero-order chi connectivity index (χ0) is 13.5. The number of alkyl halides is 3. The van der Waals surface area contributed by atoms with E-state index in [4.69, 9.17) is 5.73 Å². The molecule has 0 aliphatic heterocycles. The lowest BCUT2D eigenvalue weighted by molar-refractivity contribution is -0.140. The van der Waals surface area contributed by atoms with Crippen LogP contribution in [0.25, 0.3) is 10.9 Å². The maximum atomic E-state index is 12.6. The molecular weight excluding hydrogens is 243 g/mol.